The SMILES string of the molecule is CC1C(C(N)=O)=Cc2ccccc21. The molecule has 0 heterocycles. The van der Waals surface area contributed by atoms with E-state index in [1.165, 1.54) is 5.56 Å². The molecule has 1 aromatic carbocycles. The van der Waals surface area contributed by atoms with Crippen LogP contribution in [0.1, 0.15) is 24.0 Å². The molecular weight excluding hydrogens is 162 g/mol. The molecule has 0 bridgehead atoms. The third-order valence-corrected chi connectivity index (χ3v) is 2.52. The summed E-state index contributed by atoms with van der Waals surface area (Å²) < 4.78 is 0. The van der Waals surface area contributed by atoms with E-state index in [-0.39, 0.29) is 11.8 Å². The molecule has 1 amide bonds. The highest BCUT2D eigenvalue weighted by Gasteiger charge is 2.23. The smallest absolute Gasteiger partial charge is 0.245 e. The standard InChI is InChI=1S/C11H11NO/c1-7-9-5-3-2-4-8(9)6-10(7)11(12)13/h2-7H,1H3,(H2,12,13). The van der Waals surface area contributed by atoms with Crippen LogP contribution in [-0.2, 0) is 4.79 Å². The van der Waals surface area contributed by atoms with Crippen molar-refractivity contribution in [3.05, 3.63) is 41.0 Å². The first-order valence-electron chi connectivity index (χ1n) is 4.30. The van der Waals surface area contributed by atoms with Gasteiger partial charge in [0.2, 0.25) is 5.91 Å². The first-order valence-corrected chi connectivity index (χ1v) is 4.30. The average molecular weight is 173 g/mol. The monoisotopic (exact) mass is 173 g/mol. The van der Waals surface area contributed by atoms with Crippen LogP contribution in [0.2, 0.25) is 0 Å². The topological polar surface area (TPSA) is 43.1 Å². The summed E-state index contributed by atoms with van der Waals surface area (Å²) in [5.41, 5.74) is 8.28. The molecule has 13 heavy (non-hydrogen) atoms. The van der Waals surface area contributed by atoms with Gasteiger partial charge >= 0.3 is 0 Å². The Hall–Kier alpha value is -1.57. The van der Waals surface area contributed by atoms with Crippen LogP contribution in [0.15, 0.2) is 29.8 Å². The molecule has 1 atom stereocenters. The molecule has 2 nitrogen and oxygen atoms in total. The fourth-order valence-corrected chi connectivity index (χ4v) is 1.78. The average Bonchev–Trinajstić information content (AvgIpc) is 2.45. The maximum atomic E-state index is 11.0. The van der Waals surface area contributed by atoms with Gasteiger partial charge in [-0.3, -0.25) is 4.79 Å². The van der Waals surface area contributed by atoms with Gasteiger partial charge in [-0.05, 0) is 17.2 Å². The van der Waals surface area contributed by atoms with Crippen molar-refractivity contribution in [3.8, 4) is 0 Å². The van der Waals surface area contributed by atoms with E-state index in [1.807, 2.05) is 37.3 Å². The van der Waals surface area contributed by atoms with Crippen molar-refractivity contribution in [2.45, 2.75) is 12.8 Å². The van der Waals surface area contributed by atoms with Crippen molar-refractivity contribution in [2.75, 3.05) is 0 Å². The van der Waals surface area contributed by atoms with Crippen LogP contribution in [0, 0.1) is 0 Å². The largest absolute Gasteiger partial charge is 0.366 e. The minimum Gasteiger partial charge on any atom is -0.366 e. The Kier molecular flexibility index (Phi) is 1.69. The first-order chi connectivity index (χ1) is 6.20. The van der Waals surface area contributed by atoms with Gasteiger partial charge in [0.1, 0.15) is 0 Å². The van der Waals surface area contributed by atoms with Crippen LogP contribution in [0.5, 0.6) is 0 Å². The molecule has 2 rings (SSSR count). The third kappa shape index (κ3) is 1.15. The summed E-state index contributed by atoms with van der Waals surface area (Å²) in [5, 5.41) is 0. The van der Waals surface area contributed by atoms with Gasteiger partial charge in [0, 0.05) is 11.5 Å². The van der Waals surface area contributed by atoms with E-state index in [2.05, 4.69) is 0 Å². The van der Waals surface area contributed by atoms with Gasteiger partial charge in [0.05, 0.1) is 0 Å². The molecule has 1 aromatic rings. The zero-order chi connectivity index (χ0) is 9.42. The number of nitrogens with two attached hydrogens (primary N) is 1. The van der Waals surface area contributed by atoms with Gasteiger partial charge < -0.3 is 5.73 Å². The first kappa shape index (κ1) is 8.05. The Morgan fingerprint density at radius 2 is 2.08 bits per heavy atom. The molecule has 0 radical (unpaired) electrons. The fourth-order valence-electron chi connectivity index (χ4n) is 1.78. The van der Waals surface area contributed by atoms with Gasteiger partial charge in [-0.2, -0.15) is 0 Å². The molecule has 2 heteroatoms. The Morgan fingerprint density at radius 3 is 2.69 bits per heavy atom. The van der Waals surface area contributed by atoms with Crippen LogP contribution in [0.25, 0.3) is 6.08 Å². The normalized spacial score (nSPS) is 19.5. The highest BCUT2D eigenvalue weighted by Crippen LogP contribution is 2.35. The summed E-state index contributed by atoms with van der Waals surface area (Å²) in [6.45, 7) is 2.00. The number of hydrogen-bond acceptors (Lipinski definition) is 1. The molecule has 0 aliphatic heterocycles. The number of rotatable bonds is 1. The highest BCUT2D eigenvalue weighted by molar-refractivity contribution is 6.00. The van der Waals surface area contributed by atoms with Crippen LogP contribution in [-0.4, -0.2) is 5.91 Å². The van der Waals surface area contributed by atoms with Gasteiger partial charge in [-0.25, -0.2) is 0 Å². The van der Waals surface area contributed by atoms with E-state index in [9.17, 15) is 4.79 Å². The predicted molar refractivity (Wildman–Crippen MR) is 52.0 cm³/mol. The van der Waals surface area contributed by atoms with E-state index in [0.717, 1.165) is 5.56 Å². The summed E-state index contributed by atoms with van der Waals surface area (Å²) in [6.07, 6.45) is 1.88. The second-order valence-electron chi connectivity index (χ2n) is 3.31. The number of fused-ring (bicyclic) bond motifs is 1. The Labute approximate surface area is 77.1 Å². The molecule has 0 aromatic heterocycles. The van der Waals surface area contributed by atoms with Crippen LogP contribution < -0.4 is 5.73 Å². The lowest BCUT2D eigenvalue weighted by molar-refractivity contribution is -0.114. The molecule has 1 aliphatic rings. The number of hydrogen-bond donors (Lipinski definition) is 1. The molecule has 1 aliphatic carbocycles. The number of carbonyl (C=O) groups excluding carboxylic acids is 1. The molecule has 0 fully saturated rings. The van der Waals surface area contributed by atoms with Crippen molar-refractivity contribution in [1.82, 2.24) is 0 Å². The summed E-state index contributed by atoms with van der Waals surface area (Å²) >= 11 is 0. The van der Waals surface area contributed by atoms with E-state index in [0.29, 0.717) is 5.57 Å². The zero-order valence-electron chi connectivity index (χ0n) is 7.45. The summed E-state index contributed by atoms with van der Waals surface area (Å²) in [4.78, 5) is 11.0. The number of primary amides is 1. The molecule has 2 N–H and O–H groups in total. The van der Waals surface area contributed by atoms with Crippen molar-refractivity contribution in [2.24, 2.45) is 5.73 Å². The molecule has 0 spiro atoms. The summed E-state index contributed by atoms with van der Waals surface area (Å²) in [5.74, 6) is -0.169. The van der Waals surface area contributed by atoms with Gasteiger partial charge in [-0.1, -0.05) is 31.2 Å². The Bertz CT molecular complexity index is 393. The zero-order valence-corrected chi connectivity index (χ0v) is 7.45. The minimum absolute atomic E-state index is 0.147. The number of carbonyl (C=O) groups is 1. The fraction of sp³-hybridized carbons (Fsp3) is 0.182. The summed E-state index contributed by atoms with van der Waals surface area (Å²) in [6, 6.07) is 7.98. The molecular formula is C11H11NO. The maximum absolute atomic E-state index is 11.0. The van der Waals surface area contributed by atoms with Crippen LogP contribution in [0.4, 0.5) is 0 Å². The van der Waals surface area contributed by atoms with Crippen molar-refractivity contribution in [1.29, 1.82) is 0 Å². The number of amides is 1. The molecule has 1 unspecified atom stereocenters. The lowest BCUT2D eigenvalue weighted by atomic mass is 9.98. The Balaban J connectivity index is 2.50. The van der Waals surface area contributed by atoms with Gasteiger partial charge in [0.25, 0.3) is 0 Å². The van der Waals surface area contributed by atoms with Crippen molar-refractivity contribution in [3.63, 3.8) is 0 Å². The van der Waals surface area contributed by atoms with E-state index >= 15 is 0 Å². The lowest BCUT2D eigenvalue weighted by Gasteiger charge is -2.06. The second kappa shape index (κ2) is 2.73. The second-order valence-corrected chi connectivity index (χ2v) is 3.31. The lowest BCUT2D eigenvalue weighted by Crippen LogP contribution is -2.15. The van der Waals surface area contributed by atoms with Crippen LogP contribution >= 0.6 is 0 Å². The van der Waals surface area contributed by atoms with E-state index in [4.69, 9.17) is 5.73 Å². The number of benzene rings is 1. The van der Waals surface area contributed by atoms with Crippen molar-refractivity contribution >= 4 is 12.0 Å². The molecule has 0 saturated carbocycles. The van der Waals surface area contributed by atoms with Crippen LogP contribution in [0.3, 0.4) is 0 Å². The van der Waals surface area contributed by atoms with E-state index < -0.39 is 0 Å². The third-order valence-electron chi connectivity index (χ3n) is 2.52. The van der Waals surface area contributed by atoms with Gasteiger partial charge in [-0.15, -0.1) is 0 Å². The predicted octanol–water partition coefficient (Wildman–Crippen LogP) is 1.67. The van der Waals surface area contributed by atoms with E-state index in [1.54, 1.807) is 0 Å². The quantitative estimate of drug-likeness (QED) is 0.689. The molecule has 66 valence electrons. The molecule has 0 saturated heterocycles. The highest BCUT2D eigenvalue weighted by atomic mass is 16.1. The van der Waals surface area contributed by atoms with Crippen molar-refractivity contribution < 1.29 is 4.79 Å². The minimum atomic E-state index is -0.316. The summed E-state index contributed by atoms with van der Waals surface area (Å²) in [7, 11) is 0. The Morgan fingerprint density at radius 1 is 1.38 bits per heavy atom. The van der Waals surface area contributed by atoms with Gasteiger partial charge in [0.15, 0.2) is 0 Å². The maximum Gasteiger partial charge on any atom is 0.245 e.